The van der Waals surface area contributed by atoms with E-state index in [1.165, 1.54) is 28.4 Å². The van der Waals surface area contributed by atoms with Crippen molar-refractivity contribution >= 4 is 17.7 Å². The van der Waals surface area contributed by atoms with Crippen molar-refractivity contribution in [2.75, 3.05) is 35.0 Å². The van der Waals surface area contributed by atoms with Crippen LogP contribution in [0.3, 0.4) is 0 Å². The zero-order valence-electron chi connectivity index (χ0n) is 19.4. The fourth-order valence-corrected chi connectivity index (χ4v) is 4.88. The van der Waals surface area contributed by atoms with Gasteiger partial charge in [-0.05, 0) is 35.4 Å². The van der Waals surface area contributed by atoms with Gasteiger partial charge in [-0.1, -0.05) is 5.16 Å². The molecule has 5 rings (SSSR count). The fraction of sp³-hybridized carbons (Fsp3) is 0.375. The van der Waals surface area contributed by atoms with Crippen LogP contribution in [0.5, 0.6) is 28.7 Å². The molecule has 2 aromatic carbocycles. The topological polar surface area (TPSA) is 131 Å². The molecule has 2 aliphatic heterocycles. The standard InChI is InChI=1S/C24H23NO10/c1-29-16-5-10(6-17(30-2)21(16)26)18-11-7-14-15(35-24(34-14)23(28)32-4)8-12(11)20-13(9-33-25-20)19(18)22(27)31-3/h5-8,13,18-19,24,26H,9H2,1-4H3/t13-,18+,19-,24?/m0/s1. The molecule has 0 saturated carbocycles. The van der Waals surface area contributed by atoms with Gasteiger partial charge in [-0.3, -0.25) is 4.79 Å². The third-order valence-corrected chi connectivity index (χ3v) is 6.48. The van der Waals surface area contributed by atoms with Crippen molar-refractivity contribution < 1.29 is 48.0 Å². The number of benzene rings is 2. The summed E-state index contributed by atoms with van der Waals surface area (Å²) in [4.78, 5) is 30.5. The quantitative estimate of drug-likeness (QED) is 0.627. The van der Waals surface area contributed by atoms with Gasteiger partial charge < -0.3 is 38.4 Å². The summed E-state index contributed by atoms with van der Waals surface area (Å²) >= 11 is 0. The maximum absolute atomic E-state index is 13.1. The minimum atomic E-state index is -1.25. The Bertz CT molecular complexity index is 1210. The molecule has 1 unspecified atom stereocenters. The highest BCUT2D eigenvalue weighted by Gasteiger charge is 2.50. The number of methoxy groups -OCH3 is 4. The van der Waals surface area contributed by atoms with Gasteiger partial charge in [0.25, 0.3) is 0 Å². The average Bonchev–Trinajstić information content (AvgIpc) is 3.53. The van der Waals surface area contributed by atoms with Crippen LogP contribution in [0.15, 0.2) is 29.4 Å². The summed E-state index contributed by atoms with van der Waals surface area (Å²) in [6, 6.07) is 6.70. The number of rotatable bonds is 5. The lowest BCUT2D eigenvalue weighted by atomic mass is 9.65. The number of nitrogens with zero attached hydrogens (tertiary/aromatic N) is 1. The van der Waals surface area contributed by atoms with E-state index in [0.717, 1.165) is 0 Å². The van der Waals surface area contributed by atoms with E-state index in [1.54, 1.807) is 24.3 Å². The molecule has 35 heavy (non-hydrogen) atoms. The zero-order chi connectivity index (χ0) is 24.9. The molecule has 4 atom stereocenters. The minimum Gasteiger partial charge on any atom is -0.502 e. The number of hydrogen-bond donors (Lipinski definition) is 1. The normalized spacial score (nSPS) is 23.4. The molecule has 3 aliphatic rings. The number of aromatic hydroxyl groups is 1. The Morgan fingerprint density at radius 3 is 2.17 bits per heavy atom. The second-order valence-electron chi connectivity index (χ2n) is 8.16. The fourth-order valence-electron chi connectivity index (χ4n) is 4.88. The van der Waals surface area contributed by atoms with Crippen molar-refractivity contribution in [1.29, 1.82) is 0 Å². The monoisotopic (exact) mass is 485 g/mol. The molecule has 2 heterocycles. The Hall–Kier alpha value is -4.15. The van der Waals surface area contributed by atoms with Crippen LogP contribution >= 0.6 is 0 Å². The Labute approximate surface area is 200 Å². The van der Waals surface area contributed by atoms with Crippen molar-refractivity contribution in [2.45, 2.75) is 12.2 Å². The van der Waals surface area contributed by atoms with Crippen LogP contribution in [0, 0.1) is 11.8 Å². The lowest BCUT2D eigenvalue weighted by molar-refractivity contribution is -0.158. The van der Waals surface area contributed by atoms with E-state index < -0.39 is 36.0 Å². The molecule has 1 aliphatic carbocycles. The number of esters is 2. The molecule has 0 aromatic heterocycles. The van der Waals surface area contributed by atoms with E-state index in [4.69, 9.17) is 33.3 Å². The first-order valence-corrected chi connectivity index (χ1v) is 10.7. The van der Waals surface area contributed by atoms with Gasteiger partial charge in [0.1, 0.15) is 6.61 Å². The van der Waals surface area contributed by atoms with Gasteiger partial charge in [-0.25, -0.2) is 4.79 Å². The predicted molar refractivity (Wildman–Crippen MR) is 118 cm³/mol. The Morgan fingerprint density at radius 2 is 1.57 bits per heavy atom. The molecule has 11 nitrogen and oxygen atoms in total. The summed E-state index contributed by atoms with van der Waals surface area (Å²) < 4.78 is 31.9. The molecule has 0 bridgehead atoms. The first kappa shape index (κ1) is 22.6. The summed E-state index contributed by atoms with van der Waals surface area (Å²) in [6.07, 6.45) is -1.25. The molecule has 0 fully saturated rings. The molecule has 184 valence electrons. The first-order chi connectivity index (χ1) is 16.9. The summed E-state index contributed by atoms with van der Waals surface area (Å²) in [6.45, 7) is 0.177. The molecule has 1 N–H and O–H groups in total. The maximum Gasteiger partial charge on any atom is 0.389 e. The van der Waals surface area contributed by atoms with Gasteiger partial charge in [-0.15, -0.1) is 0 Å². The summed E-state index contributed by atoms with van der Waals surface area (Å²) in [5.74, 6) is -2.02. The van der Waals surface area contributed by atoms with Crippen molar-refractivity contribution in [2.24, 2.45) is 17.0 Å². The van der Waals surface area contributed by atoms with E-state index in [2.05, 4.69) is 5.16 Å². The van der Waals surface area contributed by atoms with E-state index >= 15 is 0 Å². The third kappa shape index (κ3) is 3.46. The summed E-state index contributed by atoms with van der Waals surface area (Å²) in [5, 5.41) is 14.7. The molecule has 0 amide bonds. The lowest BCUT2D eigenvalue weighted by Crippen LogP contribution is -2.40. The number of phenols is 1. The second kappa shape index (κ2) is 8.57. The number of phenolic OH excluding ortho intramolecular Hbond substituents is 1. The van der Waals surface area contributed by atoms with Crippen molar-refractivity contribution in [3.8, 4) is 28.7 Å². The number of carbonyl (C=O) groups is 2. The van der Waals surface area contributed by atoms with Gasteiger partial charge in [0.15, 0.2) is 23.0 Å². The van der Waals surface area contributed by atoms with Gasteiger partial charge in [0.2, 0.25) is 5.75 Å². The molecule has 11 heteroatoms. The Balaban J connectivity index is 1.73. The zero-order valence-corrected chi connectivity index (χ0v) is 19.4. The van der Waals surface area contributed by atoms with Crippen LogP contribution in [-0.4, -0.2) is 64.1 Å². The Morgan fingerprint density at radius 1 is 0.943 bits per heavy atom. The van der Waals surface area contributed by atoms with Gasteiger partial charge in [-0.2, -0.15) is 0 Å². The average molecular weight is 485 g/mol. The van der Waals surface area contributed by atoms with Crippen molar-refractivity contribution in [3.63, 3.8) is 0 Å². The smallest absolute Gasteiger partial charge is 0.389 e. The maximum atomic E-state index is 13.1. The molecule has 0 saturated heterocycles. The van der Waals surface area contributed by atoms with Crippen LogP contribution in [0.25, 0.3) is 0 Å². The van der Waals surface area contributed by atoms with Crippen LogP contribution in [0.4, 0.5) is 0 Å². The summed E-state index contributed by atoms with van der Waals surface area (Å²) in [5.41, 5.74) is 2.54. The van der Waals surface area contributed by atoms with Gasteiger partial charge >= 0.3 is 18.2 Å². The molecular formula is C24H23NO10. The highest BCUT2D eigenvalue weighted by molar-refractivity contribution is 6.08. The highest BCUT2D eigenvalue weighted by Crippen LogP contribution is 2.52. The van der Waals surface area contributed by atoms with E-state index in [1.807, 2.05) is 0 Å². The number of fused-ring (bicyclic) bond motifs is 4. The second-order valence-corrected chi connectivity index (χ2v) is 8.16. The highest BCUT2D eigenvalue weighted by atomic mass is 16.7. The summed E-state index contributed by atoms with van der Waals surface area (Å²) in [7, 11) is 5.40. The Kier molecular flexibility index (Phi) is 5.54. The number of oxime groups is 1. The minimum absolute atomic E-state index is 0.164. The van der Waals surface area contributed by atoms with E-state index in [9.17, 15) is 14.7 Å². The van der Waals surface area contributed by atoms with Crippen molar-refractivity contribution in [3.05, 3.63) is 41.0 Å². The number of ether oxygens (including phenoxy) is 6. The van der Waals surface area contributed by atoms with Crippen LogP contribution < -0.4 is 18.9 Å². The first-order valence-electron chi connectivity index (χ1n) is 10.7. The molecule has 0 radical (unpaired) electrons. The number of hydrogen-bond acceptors (Lipinski definition) is 11. The van der Waals surface area contributed by atoms with Gasteiger partial charge in [0, 0.05) is 11.5 Å². The van der Waals surface area contributed by atoms with Crippen LogP contribution in [0.1, 0.15) is 22.6 Å². The van der Waals surface area contributed by atoms with Crippen LogP contribution in [-0.2, 0) is 23.9 Å². The van der Waals surface area contributed by atoms with E-state index in [0.29, 0.717) is 33.9 Å². The third-order valence-electron chi connectivity index (χ3n) is 6.48. The van der Waals surface area contributed by atoms with Gasteiger partial charge in [0.05, 0.1) is 46.0 Å². The molecule has 0 spiro atoms. The molecule has 2 aromatic rings. The SMILES string of the molecule is COC(=O)C1Oc2cc3c(cc2O1)[C@@H](c1cc(OC)c(O)c(OC)c1)[C@@H](C(=O)OC)[C@@H]1CON=C31. The van der Waals surface area contributed by atoms with Crippen LogP contribution in [0.2, 0.25) is 0 Å². The largest absolute Gasteiger partial charge is 0.502 e. The lowest BCUT2D eigenvalue weighted by Gasteiger charge is -2.36. The predicted octanol–water partition coefficient (Wildman–Crippen LogP) is 1.96. The van der Waals surface area contributed by atoms with Crippen molar-refractivity contribution in [1.82, 2.24) is 0 Å². The number of carbonyl (C=O) groups excluding carboxylic acids is 2. The molecular weight excluding hydrogens is 462 g/mol. The van der Waals surface area contributed by atoms with E-state index in [-0.39, 0.29) is 23.9 Å².